The quantitative estimate of drug-likeness (QED) is 0.781. The average molecular weight is 227 g/mol. The molecular formula is C14H29NO. The molecule has 1 aliphatic carbocycles. The topological polar surface area (TPSA) is 35.2 Å². The minimum atomic E-state index is -0.107. The molecule has 0 radical (unpaired) electrons. The van der Waals surface area contributed by atoms with Crippen LogP contribution in [0.2, 0.25) is 0 Å². The Bertz CT molecular complexity index is 191. The van der Waals surface area contributed by atoms with E-state index in [1.165, 1.54) is 19.3 Å². The Morgan fingerprint density at radius 1 is 1.06 bits per heavy atom. The fourth-order valence-electron chi connectivity index (χ4n) is 2.75. The van der Waals surface area contributed by atoms with Crippen LogP contribution in [0.5, 0.6) is 0 Å². The van der Waals surface area contributed by atoms with Crippen LogP contribution in [0, 0.1) is 11.8 Å². The van der Waals surface area contributed by atoms with Crippen molar-refractivity contribution in [3.63, 3.8) is 0 Å². The van der Waals surface area contributed by atoms with Crippen LogP contribution in [-0.4, -0.2) is 18.2 Å². The van der Waals surface area contributed by atoms with Crippen molar-refractivity contribution < 1.29 is 4.74 Å². The Hall–Kier alpha value is -0.0800. The summed E-state index contributed by atoms with van der Waals surface area (Å²) in [6, 6.07) is 0. The lowest BCUT2D eigenvalue weighted by atomic mass is 9.81. The lowest BCUT2D eigenvalue weighted by Gasteiger charge is -2.34. The number of nitrogens with two attached hydrogens (primary N) is 1. The number of rotatable bonds is 5. The molecule has 2 atom stereocenters. The van der Waals surface area contributed by atoms with Crippen LogP contribution in [0.3, 0.4) is 0 Å². The van der Waals surface area contributed by atoms with Crippen molar-refractivity contribution in [2.24, 2.45) is 17.6 Å². The maximum atomic E-state index is 6.26. The van der Waals surface area contributed by atoms with Gasteiger partial charge in [0, 0.05) is 5.54 Å². The highest BCUT2D eigenvalue weighted by molar-refractivity contribution is 4.82. The van der Waals surface area contributed by atoms with E-state index in [1.807, 2.05) is 0 Å². The summed E-state index contributed by atoms with van der Waals surface area (Å²) in [7, 11) is 0. The highest BCUT2D eigenvalue weighted by Crippen LogP contribution is 2.30. The lowest BCUT2D eigenvalue weighted by molar-refractivity contribution is -0.0235. The largest absolute Gasteiger partial charge is 0.376 e. The zero-order valence-electron chi connectivity index (χ0n) is 11.5. The second kappa shape index (κ2) is 6.02. The van der Waals surface area contributed by atoms with Crippen molar-refractivity contribution in [3.05, 3.63) is 0 Å². The van der Waals surface area contributed by atoms with E-state index in [0.717, 1.165) is 31.3 Å². The normalized spacial score (nSPS) is 31.7. The summed E-state index contributed by atoms with van der Waals surface area (Å²) in [5.41, 5.74) is 6.15. The van der Waals surface area contributed by atoms with Gasteiger partial charge in [0.2, 0.25) is 0 Å². The zero-order chi connectivity index (χ0) is 12.2. The molecule has 2 heteroatoms. The van der Waals surface area contributed by atoms with E-state index in [9.17, 15) is 0 Å². The van der Waals surface area contributed by atoms with E-state index in [1.54, 1.807) is 0 Å². The molecule has 0 heterocycles. The van der Waals surface area contributed by atoms with E-state index in [2.05, 4.69) is 27.7 Å². The molecule has 0 saturated heterocycles. The minimum Gasteiger partial charge on any atom is -0.376 e. The van der Waals surface area contributed by atoms with E-state index in [0.29, 0.717) is 6.10 Å². The average Bonchev–Trinajstić information content (AvgIpc) is 2.25. The fraction of sp³-hybridized carbons (Fsp3) is 1.00. The molecule has 2 unspecified atom stereocenters. The molecular weight excluding hydrogens is 198 g/mol. The Labute approximate surface area is 101 Å². The minimum absolute atomic E-state index is 0.107. The van der Waals surface area contributed by atoms with Crippen LogP contribution < -0.4 is 5.73 Å². The van der Waals surface area contributed by atoms with Gasteiger partial charge >= 0.3 is 0 Å². The van der Waals surface area contributed by atoms with Gasteiger partial charge in [-0.05, 0) is 43.9 Å². The van der Waals surface area contributed by atoms with Crippen molar-refractivity contribution in [2.75, 3.05) is 6.61 Å². The van der Waals surface area contributed by atoms with Gasteiger partial charge in [0.05, 0.1) is 12.7 Å². The molecule has 0 aromatic heterocycles. The van der Waals surface area contributed by atoms with Gasteiger partial charge in [0.1, 0.15) is 0 Å². The third-order valence-electron chi connectivity index (χ3n) is 4.15. The lowest BCUT2D eigenvalue weighted by Crippen LogP contribution is -2.45. The molecule has 0 spiro atoms. The Morgan fingerprint density at radius 3 is 2.00 bits per heavy atom. The fourth-order valence-corrected chi connectivity index (χ4v) is 2.75. The summed E-state index contributed by atoms with van der Waals surface area (Å²) in [4.78, 5) is 0. The van der Waals surface area contributed by atoms with Gasteiger partial charge < -0.3 is 10.5 Å². The first kappa shape index (κ1) is 14.0. The molecule has 1 rings (SSSR count). The van der Waals surface area contributed by atoms with Crippen molar-refractivity contribution >= 4 is 0 Å². The predicted molar refractivity (Wildman–Crippen MR) is 69.4 cm³/mol. The van der Waals surface area contributed by atoms with Crippen LogP contribution in [0.4, 0.5) is 0 Å². The van der Waals surface area contributed by atoms with E-state index >= 15 is 0 Å². The first-order chi connectivity index (χ1) is 7.49. The van der Waals surface area contributed by atoms with Crippen molar-refractivity contribution in [1.82, 2.24) is 0 Å². The van der Waals surface area contributed by atoms with Crippen molar-refractivity contribution in [1.29, 1.82) is 0 Å². The molecule has 1 aliphatic rings. The van der Waals surface area contributed by atoms with E-state index in [-0.39, 0.29) is 5.54 Å². The van der Waals surface area contributed by atoms with Crippen LogP contribution in [0.1, 0.15) is 59.8 Å². The summed E-state index contributed by atoms with van der Waals surface area (Å²) in [5, 5.41) is 0. The van der Waals surface area contributed by atoms with Crippen LogP contribution in [0.15, 0.2) is 0 Å². The van der Waals surface area contributed by atoms with Crippen molar-refractivity contribution in [3.8, 4) is 0 Å². The highest BCUT2D eigenvalue weighted by Gasteiger charge is 2.27. The first-order valence-electron chi connectivity index (χ1n) is 6.89. The smallest absolute Gasteiger partial charge is 0.0649 e. The monoisotopic (exact) mass is 227 g/mol. The maximum absolute atomic E-state index is 6.26. The Morgan fingerprint density at radius 2 is 1.56 bits per heavy atom. The SMILES string of the molecule is CCC(N)(CC)COC1CC(C)CC(C)C1. The molecule has 0 bridgehead atoms. The second-order valence-electron chi connectivity index (χ2n) is 5.92. The molecule has 0 aromatic rings. The second-order valence-corrected chi connectivity index (χ2v) is 5.92. The van der Waals surface area contributed by atoms with Gasteiger partial charge in [0.25, 0.3) is 0 Å². The molecule has 0 aromatic carbocycles. The molecule has 0 amide bonds. The molecule has 1 fully saturated rings. The number of hydrogen-bond donors (Lipinski definition) is 1. The highest BCUT2D eigenvalue weighted by atomic mass is 16.5. The number of hydrogen-bond acceptors (Lipinski definition) is 2. The summed E-state index contributed by atoms with van der Waals surface area (Å²) in [5.74, 6) is 1.62. The van der Waals surface area contributed by atoms with Gasteiger partial charge in [-0.25, -0.2) is 0 Å². The van der Waals surface area contributed by atoms with E-state index in [4.69, 9.17) is 10.5 Å². The standard InChI is InChI=1S/C14H29NO/c1-5-14(15,6-2)10-16-13-8-11(3)7-12(4)9-13/h11-13H,5-10,15H2,1-4H3. The van der Waals surface area contributed by atoms with Crippen molar-refractivity contribution in [2.45, 2.75) is 71.4 Å². The molecule has 96 valence electrons. The summed E-state index contributed by atoms with van der Waals surface area (Å²) >= 11 is 0. The molecule has 2 N–H and O–H groups in total. The third-order valence-corrected chi connectivity index (χ3v) is 4.15. The van der Waals surface area contributed by atoms with Crippen LogP contribution >= 0.6 is 0 Å². The van der Waals surface area contributed by atoms with Gasteiger partial charge in [-0.15, -0.1) is 0 Å². The van der Waals surface area contributed by atoms with E-state index < -0.39 is 0 Å². The van der Waals surface area contributed by atoms with Gasteiger partial charge in [0.15, 0.2) is 0 Å². The molecule has 16 heavy (non-hydrogen) atoms. The van der Waals surface area contributed by atoms with Crippen LogP contribution in [-0.2, 0) is 4.74 Å². The Kier molecular flexibility index (Phi) is 5.26. The van der Waals surface area contributed by atoms with Gasteiger partial charge in [-0.3, -0.25) is 0 Å². The molecule has 2 nitrogen and oxygen atoms in total. The number of ether oxygens (including phenoxy) is 1. The maximum Gasteiger partial charge on any atom is 0.0649 e. The first-order valence-corrected chi connectivity index (χ1v) is 6.89. The van der Waals surface area contributed by atoms with Crippen LogP contribution in [0.25, 0.3) is 0 Å². The molecule has 1 saturated carbocycles. The summed E-state index contributed by atoms with van der Waals surface area (Å²) < 4.78 is 6.05. The Balaban J connectivity index is 2.36. The van der Waals surface area contributed by atoms with Gasteiger partial charge in [-0.2, -0.15) is 0 Å². The molecule has 0 aliphatic heterocycles. The van der Waals surface area contributed by atoms with Gasteiger partial charge in [-0.1, -0.05) is 27.7 Å². The summed E-state index contributed by atoms with van der Waals surface area (Å²) in [6.45, 7) is 9.70. The zero-order valence-corrected chi connectivity index (χ0v) is 11.5. The predicted octanol–water partition coefficient (Wildman–Crippen LogP) is 3.35. The third kappa shape index (κ3) is 4.06. The summed E-state index contributed by atoms with van der Waals surface area (Å²) in [6.07, 6.45) is 6.24.